The van der Waals surface area contributed by atoms with Crippen molar-refractivity contribution in [2.75, 3.05) is 11.5 Å². The maximum Gasteiger partial charge on any atom is 0.471 e. The van der Waals surface area contributed by atoms with Gasteiger partial charge < -0.3 is 20.2 Å². The molecule has 0 saturated carbocycles. The van der Waals surface area contributed by atoms with Gasteiger partial charge in [-0.05, 0) is 0 Å². The Morgan fingerprint density at radius 2 is 1.08 bits per heavy atom. The summed E-state index contributed by atoms with van der Waals surface area (Å²) in [6.45, 7) is 0. The van der Waals surface area contributed by atoms with Gasteiger partial charge in [0.15, 0.2) is 0 Å². The monoisotopic (exact) mass is 400 g/mol. The Hall–Kier alpha value is -1.44. The number of carbonyl (C=O) groups excluding carboxylic acids is 4. The Bertz CT molecular complexity index is 429. The molecule has 2 atom stereocenters. The van der Waals surface area contributed by atoms with Crippen LogP contribution in [0.25, 0.3) is 0 Å². The number of hydrogen-bond donors (Lipinski definition) is 2. The third kappa shape index (κ3) is 9.00. The second-order valence-electron chi connectivity index (χ2n) is 4.00. The lowest BCUT2D eigenvalue weighted by atomic mass is 10.3. The van der Waals surface area contributed by atoms with Crippen molar-refractivity contribution in [1.29, 1.82) is 0 Å². The van der Waals surface area contributed by atoms with E-state index in [1.807, 2.05) is 0 Å². The standard InChI is InChI=1S/C10H10F6N2O4S2/c11-9(12,13)7(21)17-5(1-19)3-23-24-4-6(2-20)18-8(22)10(14,15)16/h1-2,5-6H,3-4H2,(H,17,21)(H,18,22). The van der Waals surface area contributed by atoms with E-state index in [9.17, 15) is 45.5 Å². The van der Waals surface area contributed by atoms with Gasteiger partial charge in [-0.3, -0.25) is 9.59 Å². The van der Waals surface area contributed by atoms with Gasteiger partial charge in [0, 0.05) is 11.5 Å². The average Bonchev–Trinajstić information content (AvgIpc) is 2.46. The maximum absolute atomic E-state index is 12.0. The third-order valence-electron chi connectivity index (χ3n) is 2.05. The Morgan fingerprint density at radius 1 is 0.792 bits per heavy atom. The lowest BCUT2D eigenvalue weighted by molar-refractivity contribution is -0.174. The molecule has 0 rings (SSSR count). The number of aldehydes is 2. The molecule has 2 unspecified atom stereocenters. The quantitative estimate of drug-likeness (QED) is 0.258. The number of halogens is 6. The van der Waals surface area contributed by atoms with Crippen molar-refractivity contribution in [3.63, 3.8) is 0 Å². The molecule has 0 heterocycles. The fourth-order valence-corrected chi connectivity index (χ4v) is 3.24. The Labute approximate surface area is 138 Å². The molecule has 14 heteroatoms. The van der Waals surface area contributed by atoms with Gasteiger partial charge in [0.1, 0.15) is 12.6 Å². The third-order valence-corrected chi connectivity index (χ3v) is 4.53. The zero-order valence-corrected chi connectivity index (χ0v) is 13.1. The number of hydrogen-bond acceptors (Lipinski definition) is 6. The molecule has 0 bridgehead atoms. The van der Waals surface area contributed by atoms with Crippen LogP contribution in [0.1, 0.15) is 0 Å². The summed E-state index contributed by atoms with van der Waals surface area (Å²) < 4.78 is 72.0. The number of alkyl halides is 6. The van der Waals surface area contributed by atoms with Crippen LogP contribution in [0, 0.1) is 0 Å². The van der Waals surface area contributed by atoms with Crippen LogP contribution in [0.3, 0.4) is 0 Å². The summed E-state index contributed by atoms with van der Waals surface area (Å²) in [4.78, 5) is 42.4. The van der Waals surface area contributed by atoms with Crippen LogP contribution in [0.15, 0.2) is 0 Å². The first-order valence-electron chi connectivity index (χ1n) is 5.82. The lowest BCUT2D eigenvalue weighted by Crippen LogP contribution is -2.45. The Balaban J connectivity index is 4.24. The van der Waals surface area contributed by atoms with Crippen molar-refractivity contribution in [1.82, 2.24) is 10.6 Å². The van der Waals surface area contributed by atoms with Gasteiger partial charge in [0.25, 0.3) is 0 Å². The van der Waals surface area contributed by atoms with Crippen molar-refractivity contribution >= 4 is 46.0 Å². The van der Waals surface area contributed by atoms with Crippen molar-refractivity contribution in [2.45, 2.75) is 24.4 Å². The summed E-state index contributed by atoms with van der Waals surface area (Å²) in [6.07, 6.45) is -10.2. The van der Waals surface area contributed by atoms with Gasteiger partial charge >= 0.3 is 24.2 Å². The zero-order chi connectivity index (χ0) is 19.0. The molecule has 2 amide bonds. The first kappa shape index (κ1) is 22.6. The SMILES string of the molecule is O=CC(CSSCC(C=O)NC(=O)C(F)(F)F)NC(=O)C(F)(F)F. The largest absolute Gasteiger partial charge is 0.471 e. The molecule has 0 aromatic rings. The van der Waals surface area contributed by atoms with E-state index in [2.05, 4.69) is 0 Å². The average molecular weight is 400 g/mol. The first-order chi connectivity index (χ1) is 10.9. The van der Waals surface area contributed by atoms with Crippen LogP contribution < -0.4 is 10.6 Å². The summed E-state index contributed by atoms with van der Waals surface area (Å²) in [5, 5.41) is 2.81. The molecule has 6 nitrogen and oxygen atoms in total. The lowest BCUT2D eigenvalue weighted by Gasteiger charge is -2.15. The minimum atomic E-state index is -5.16. The number of rotatable bonds is 9. The number of amides is 2. The molecule has 138 valence electrons. The summed E-state index contributed by atoms with van der Waals surface area (Å²) in [5.41, 5.74) is 0. The van der Waals surface area contributed by atoms with Crippen molar-refractivity contribution in [3.05, 3.63) is 0 Å². The van der Waals surface area contributed by atoms with E-state index in [1.54, 1.807) is 0 Å². The molecule has 0 aliphatic heterocycles. The van der Waals surface area contributed by atoms with E-state index in [-0.39, 0.29) is 24.1 Å². The van der Waals surface area contributed by atoms with Gasteiger partial charge in [-0.2, -0.15) is 26.3 Å². The minimum absolute atomic E-state index is 0.0554. The zero-order valence-electron chi connectivity index (χ0n) is 11.4. The molecule has 0 saturated heterocycles. The first-order valence-corrected chi connectivity index (χ1v) is 8.31. The minimum Gasteiger partial charge on any atom is -0.338 e. The van der Waals surface area contributed by atoms with E-state index in [1.165, 1.54) is 10.6 Å². The topological polar surface area (TPSA) is 92.3 Å². The van der Waals surface area contributed by atoms with Crippen LogP contribution in [-0.2, 0) is 19.2 Å². The van der Waals surface area contributed by atoms with Gasteiger partial charge in [-0.1, -0.05) is 21.6 Å². The molecule has 2 N–H and O–H groups in total. The Morgan fingerprint density at radius 3 is 1.29 bits per heavy atom. The highest BCUT2D eigenvalue weighted by Crippen LogP contribution is 2.23. The van der Waals surface area contributed by atoms with Crippen LogP contribution >= 0.6 is 21.6 Å². The second kappa shape index (κ2) is 9.76. The smallest absolute Gasteiger partial charge is 0.338 e. The van der Waals surface area contributed by atoms with E-state index >= 15 is 0 Å². The molecular weight excluding hydrogens is 390 g/mol. The van der Waals surface area contributed by atoms with Gasteiger partial charge in [-0.25, -0.2) is 0 Å². The van der Waals surface area contributed by atoms with E-state index in [0.717, 1.165) is 21.6 Å². The maximum atomic E-state index is 12.0. The highest BCUT2D eigenvalue weighted by Gasteiger charge is 2.40. The number of nitrogens with one attached hydrogen (secondary N) is 2. The van der Waals surface area contributed by atoms with Crippen molar-refractivity contribution < 1.29 is 45.5 Å². The Kier molecular flexibility index (Phi) is 9.17. The highest BCUT2D eigenvalue weighted by atomic mass is 33.1. The normalized spacial score (nSPS) is 14.4. The molecule has 0 aromatic heterocycles. The predicted molar refractivity (Wildman–Crippen MR) is 73.0 cm³/mol. The molecule has 0 aliphatic carbocycles. The molecule has 0 fully saturated rings. The van der Waals surface area contributed by atoms with Crippen molar-refractivity contribution in [2.24, 2.45) is 0 Å². The second-order valence-corrected chi connectivity index (χ2v) is 6.55. The van der Waals surface area contributed by atoms with E-state index < -0.39 is 36.3 Å². The fourth-order valence-electron chi connectivity index (χ4n) is 0.973. The molecule has 0 aromatic carbocycles. The van der Waals surface area contributed by atoms with E-state index in [4.69, 9.17) is 0 Å². The summed E-state index contributed by atoms with van der Waals surface area (Å²) >= 11 is 0. The van der Waals surface area contributed by atoms with Gasteiger partial charge in [-0.15, -0.1) is 0 Å². The summed E-state index contributed by atoms with van der Waals surface area (Å²) in [7, 11) is 1.46. The van der Waals surface area contributed by atoms with Crippen LogP contribution in [-0.4, -0.2) is 60.3 Å². The van der Waals surface area contributed by atoms with Crippen LogP contribution in [0.2, 0.25) is 0 Å². The summed E-state index contributed by atoms with van der Waals surface area (Å²) in [6, 6.07) is -2.95. The number of carbonyl (C=O) groups is 4. The molecule has 0 spiro atoms. The summed E-state index contributed by atoms with van der Waals surface area (Å²) in [5.74, 6) is -5.27. The van der Waals surface area contributed by atoms with Gasteiger partial charge in [0.2, 0.25) is 0 Å². The highest BCUT2D eigenvalue weighted by molar-refractivity contribution is 8.76. The molecule has 24 heavy (non-hydrogen) atoms. The predicted octanol–water partition coefficient (Wildman–Crippen LogP) is 0.860. The van der Waals surface area contributed by atoms with E-state index in [0.29, 0.717) is 0 Å². The van der Waals surface area contributed by atoms with Crippen LogP contribution in [0.5, 0.6) is 0 Å². The van der Waals surface area contributed by atoms with Crippen molar-refractivity contribution in [3.8, 4) is 0 Å². The van der Waals surface area contributed by atoms with Gasteiger partial charge in [0.05, 0.1) is 12.1 Å². The fraction of sp³-hybridized carbons (Fsp3) is 0.600. The molecule has 0 aliphatic rings. The van der Waals surface area contributed by atoms with Crippen LogP contribution in [0.4, 0.5) is 26.3 Å². The molecular formula is C10H10F6N2O4S2. The molecule has 0 radical (unpaired) electrons.